The molecule has 104 valence electrons. The third-order valence-corrected chi connectivity index (χ3v) is 4.07. The summed E-state index contributed by atoms with van der Waals surface area (Å²) >= 11 is 0. The molecule has 18 heavy (non-hydrogen) atoms. The number of carbonyl (C=O) groups excluding carboxylic acids is 1. The van der Waals surface area contributed by atoms with E-state index in [0.29, 0.717) is 18.6 Å². The molecule has 2 aliphatic heterocycles. The van der Waals surface area contributed by atoms with Crippen LogP contribution in [0.25, 0.3) is 0 Å². The second-order valence-corrected chi connectivity index (χ2v) is 5.62. The van der Waals surface area contributed by atoms with Crippen LogP contribution in [-0.4, -0.2) is 85.7 Å². The average molecular weight is 255 g/mol. The minimum absolute atomic E-state index is 0.260. The van der Waals surface area contributed by atoms with Gasteiger partial charge in [0.15, 0.2) is 0 Å². The maximum Gasteiger partial charge on any atom is 0.236 e. The van der Waals surface area contributed by atoms with Crippen molar-refractivity contribution in [3.8, 4) is 0 Å². The Labute approximate surface area is 110 Å². The highest BCUT2D eigenvalue weighted by Gasteiger charge is 2.30. The van der Waals surface area contributed by atoms with Crippen LogP contribution in [0.2, 0.25) is 0 Å². The number of ether oxygens (including phenoxy) is 1. The number of likely N-dealkylation sites (N-methyl/N-ethyl adjacent to an activating group) is 1. The minimum Gasteiger partial charge on any atom is -0.378 e. The van der Waals surface area contributed by atoms with Gasteiger partial charge in [-0.3, -0.25) is 14.6 Å². The van der Waals surface area contributed by atoms with Crippen molar-refractivity contribution in [2.45, 2.75) is 25.9 Å². The molecule has 5 heteroatoms. The van der Waals surface area contributed by atoms with Gasteiger partial charge in [-0.25, -0.2) is 0 Å². The first-order valence-corrected chi connectivity index (χ1v) is 6.87. The lowest BCUT2D eigenvalue weighted by Gasteiger charge is -2.42. The molecule has 0 spiro atoms. The van der Waals surface area contributed by atoms with Crippen molar-refractivity contribution < 1.29 is 9.53 Å². The molecule has 2 rings (SSSR count). The van der Waals surface area contributed by atoms with Gasteiger partial charge in [0, 0.05) is 32.2 Å². The molecule has 0 aromatic carbocycles. The van der Waals surface area contributed by atoms with E-state index in [9.17, 15) is 4.79 Å². The fraction of sp³-hybridized carbons (Fsp3) is 0.923. The van der Waals surface area contributed by atoms with Gasteiger partial charge in [0.05, 0.1) is 25.8 Å². The van der Waals surface area contributed by atoms with E-state index >= 15 is 0 Å². The quantitative estimate of drug-likeness (QED) is 0.701. The maximum absolute atomic E-state index is 12.1. The SMILES string of the molecule is CC(C)N(C)CC(=O)N1CCN(C2COC2)CC1. The molecule has 2 fully saturated rings. The molecule has 0 atom stereocenters. The summed E-state index contributed by atoms with van der Waals surface area (Å²) in [4.78, 5) is 18.6. The number of carbonyl (C=O) groups is 1. The third kappa shape index (κ3) is 3.22. The smallest absolute Gasteiger partial charge is 0.236 e. The van der Waals surface area contributed by atoms with E-state index in [1.54, 1.807) is 0 Å². The van der Waals surface area contributed by atoms with Crippen LogP contribution in [0.3, 0.4) is 0 Å². The van der Waals surface area contributed by atoms with Gasteiger partial charge in [-0.15, -0.1) is 0 Å². The zero-order chi connectivity index (χ0) is 13.1. The van der Waals surface area contributed by atoms with E-state index in [4.69, 9.17) is 4.74 Å². The van der Waals surface area contributed by atoms with Crippen molar-refractivity contribution in [2.75, 3.05) is 53.0 Å². The Morgan fingerprint density at radius 1 is 1.28 bits per heavy atom. The van der Waals surface area contributed by atoms with Crippen LogP contribution < -0.4 is 0 Å². The predicted octanol–water partition coefficient (Wildman–Crippen LogP) is -0.130. The Hall–Kier alpha value is -0.650. The Bertz CT molecular complexity index is 284. The van der Waals surface area contributed by atoms with Crippen LogP contribution in [0.4, 0.5) is 0 Å². The zero-order valence-corrected chi connectivity index (χ0v) is 11.8. The molecule has 0 radical (unpaired) electrons. The molecule has 0 aromatic heterocycles. The Kier molecular flexibility index (Phi) is 4.59. The fourth-order valence-corrected chi connectivity index (χ4v) is 2.27. The van der Waals surface area contributed by atoms with Crippen LogP contribution >= 0.6 is 0 Å². The lowest BCUT2D eigenvalue weighted by molar-refractivity contribution is -0.136. The van der Waals surface area contributed by atoms with Crippen LogP contribution in [0.5, 0.6) is 0 Å². The fourth-order valence-electron chi connectivity index (χ4n) is 2.27. The van der Waals surface area contributed by atoms with Gasteiger partial charge in [-0.2, -0.15) is 0 Å². The lowest BCUT2D eigenvalue weighted by atomic mass is 10.2. The highest BCUT2D eigenvalue weighted by Crippen LogP contribution is 2.13. The molecule has 0 aliphatic carbocycles. The Morgan fingerprint density at radius 3 is 2.33 bits per heavy atom. The molecule has 1 amide bonds. The Balaban J connectivity index is 1.73. The van der Waals surface area contributed by atoms with Crippen LogP contribution in [0, 0.1) is 0 Å². The van der Waals surface area contributed by atoms with Crippen molar-refractivity contribution in [1.82, 2.24) is 14.7 Å². The first-order valence-electron chi connectivity index (χ1n) is 6.87. The van der Waals surface area contributed by atoms with E-state index < -0.39 is 0 Å². The van der Waals surface area contributed by atoms with Gasteiger partial charge in [0.25, 0.3) is 0 Å². The molecule has 0 unspecified atom stereocenters. The number of hydrogen-bond acceptors (Lipinski definition) is 4. The van der Waals surface area contributed by atoms with E-state index in [-0.39, 0.29) is 5.91 Å². The number of nitrogens with zero attached hydrogens (tertiary/aromatic N) is 3. The lowest BCUT2D eigenvalue weighted by Crippen LogP contribution is -2.58. The topological polar surface area (TPSA) is 36.0 Å². The first-order chi connectivity index (χ1) is 8.58. The van der Waals surface area contributed by atoms with Crippen LogP contribution in [0.15, 0.2) is 0 Å². The summed E-state index contributed by atoms with van der Waals surface area (Å²) in [7, 11) is 2.00. The van der Waals surface area contributed by atoms with Gasteiger partial charge >= 0.3 is 0 Å². The molecule has 0 saturated carbocycles. The molecular formula is C13H25N3O2. The van der Waals surface area contributed by atoms with Gasteiger partial charge in [-0.1, -0.05) is 0 Å². The standard InChI is InChI=1S/C13H25N3O2/c1-11(2)14(3)8-13(17)16-6-4-15(5-7-16)12-9-18-10-12/h11-12H,4-10H2,1-3H3. The van der Waals surface area contributed by atoms with Gasteiger partial charge < -0.3 is 9.64 Å². The molecule has 0 N–H and O–H groups in total. The molecule has 2 heterocycles. The molecule has 5 nitrogen and oxygen atoms in total. The van der Waals surface area contributed by atoms with E-state index in [2.05, 4.69) is 23.6 Å². The largest absolute Gasteiger partial charge is 0.378 e. The van der Waals surface area contributed by atoms with E-state index in [1.165, 1.54) is 0 Å². The average Bonchev–Trinajstić information content (AvgIpc) is 2.27. The van der Waals surface area contributed by atoms with Crippen molar-refractivity contribution in [2.24, 2.45) is 0 Å². The summed E-state index contributed by atoms with van der Waals surface area (Å²) in [6.07, 6.45) is 0. The molecule has 0 bridgehead atoms. The summed E-state index contributed by atoms with van der Waals surface area (Å²) in [5, 5.41) is 0. The second-order valence-electron chi connectivity index (χ2n) is 5.62. The summed E-state index contributed by atoms with van der Waals surface area (Å²) in [5.41, 5.74) is 0. The summed E-state index contributed by atoms with van der Waals surface area (Å²) < 4.78 is 5.21. The highest BCUT2D eigenvalue weighted by atomic mass is 16.5. The monoisotopic (exact) mass is 255 g/mol. The number of piperazine rings is 1. The van der Waals surface area contributed by atoms with E-state index in [0.717, 1.165) is 39.4 Å². The van der Waals surface area contributed by atoms with Gasteiger partial charge in [0.2, 0.25) is 5.91 Å². The molecule has 2 saturated heterocycles. The zero-order valence-electron chi connectivity index (χ0n) is 11.8. The van der Waals surface area contributed by atoms with Gasteiger partial charge in [-0.05, 0) is 20.9 Å². The number of amides is 1. The third-order valence-electron chi connectivity index (χ3n) is 4.07. The van der Waals surface area contributed by atoms with Crippen molar-refractivity contribution >= 4 is 5.91 Å². The summed E-state index contributed by atoms with van der Waals surface area (Å²) in [6, 6.07) is 1.02. The highest BCUT2D eigenvalue weighted by molar-refractivity contribution is 5.78. The number of rotatable bonds is 4. The maximum atomic E-state index is 12.1. The minimum atomic E-state index is 0.260. The summed E-state index contributed by atoms with van der Waals surface area (Å²) in [6.45, 7) is 10.2. The second kappa shape index (κ2) is 5.99. The first kappa shape index (κ1) is 13.8. The van der Waals surface area contributed by atoms with E-state index in [1.807, 2.05) is 11.9 Å². The van der Waals surface area contributed by atoms with Crippen molar-refractivity contribution in [1.29, 1.82) is 0 Å². The normalized spacial score (nSPS) is 22.6. The van der Waals surface area contributed by atoms with Gasteiger partial charge in [0.1, 0.15) is 0 Å². The number of hydrogen-bond donors (Lipinski definition) is 0. The Morgan fingerprint density at radius 2 is 1.89 bits per heavy atom. The van der Waals surface area contributed by atoms with Crippen LogP contribution in [-0.2, 0) is 9.53 Å². The summed E-state index contributed by atoms with van der Waals surface area (Å²) in [5.74, 6) is 0.260. The van der Waals surface area contributed by atoms with Crippen LogP contribution in [0.1, 0.15) is 13.8 Å². The van der Waals surface area contributed by atoms with Crippen molar-refractivity contribution in [3.63, 3.8) is 0 Å². The van der Waals surface area contributed by atoms with Crippen molar-refractivity contribution in [3.05, 3.63) is 0 Å². The molecule has 2 aliphatic rings. The molecular weight excluding hydrogens is 230 g/mol. The predicted molar refractivity (Wildman–Crippen MR) is 70.5 cm³/mol. The molecule has 0 aromatic rings.